The van der Waals surface area contributed by atoms with Crippen molar-refractivity contribution in [1.29, 1.82) is 0 Å². The van der Waals surface area contributed by atoms with E-state index in [1.807, 2.05) is 24.0 Å². The number of piperazine rings is 1. The molecule has 2 aromatic carbocycles. The maximum absolute atomic E-state index is 13.2. The van der Waals surface area contributed by atoms with E-state index in [0.29, 0.717) is 43.5 Å². The van der Waals surface area contributed by atoms with E-state index in [0.717, 1.165) is 5.56 Å². The van der Waals surface area contributed by atoms with Gasteiger partial charge in [0.05, 0.1) is 23.0 Å². The van der Waals surface area contributed by atoms with Crippen molar-refractivity contribution in [3.8, 4) is 11.5 Å². The van der Waals surface area contributed by atoms with Gasteiger partial charge in [0.25, 0.3) is 5.91 Å². The molecule has 9 nitrogen and oxygen atoms in total. The van der Waals surface area contributed by atoms with Crippen molar-refractivity contribution in [1.82, 2.24) is 9.21 Å². The van der Waals surface area contributed by atoms with E-state index in [9.17, 15) is 18.0 Å². The molecule has 0 saturated carbocycles. The number of rotatable bonds is 4. The zero-order valence-electron chi connectivity index (χ0n) is 18.3. The minimum absolute atomic E-state index is 0.0993. The molecule has 174 valence electrons. The van der Waals surface area contributed by atoms with E-state index in [-0.39, 0.29) is 36.2 Å². The molecule has 0 bridgehead atoms. The molecule has 2 saturated heterocycles. The summed E-state index contributed by atoms with van der Waals surface area (Å²) in [4.78, 5) is 29.1. The Balaban J connectivity index is 1.28. The highest BCUT2D eigenvalue weighted by Gasteiger charge is 2.44. The molecular weight excluding hydrogens is 446 g/mol. The Bertz CT molecular complexity index is 1210. The van der Waals surface area contributed by atoms with E-state index in [1.165, 1.54) is 21.3 Å². The van der Waals surface area contributed by atoms with Crippen LogP contribution in [0.2, 0.25) is 0 Å². The molecule has 0 spiro atoms. The predicted octanol–water partition coefficient (Wildman–Crippen LogP) is 1.40. The van der Waals surface area contributed by atoms with E-state index in [2.05, 4.69) is 0 Å². The van der Waals surface area contributed by atoms with Gasteiger partial charge in [-0.15, -0.1) is 0 Å². The summed E-state index contributed by atoms with van der Waals surface area (Å²) in [6.07, 6.45) is 0.0993. The van der Waals surface area contributed by atoms with Gasteiger partial charge in [0.1, 0.15) is 13.2 Å². The molecule has 1 atom stereocenters. The van der Waals surface area contributed by atoms with Crippen molar-refractivity contribution < 1.29 is 27.5 Å². The average molecular weight is 472 g/mol. The first-order valence-electron chi connectivity index (χ1n) is 10.9. The first-order valence-corrected chi connectivity index (χ1v) is 12.4. The molecule has 2 amide bonds. The summed E-state index contributed by atoms with van der Waals surface area (Å²) in [5.41, 5.74) is 1.46. The van der Waals surface area contributed by atoms with Crippen LogP contribution in [-0.4, -0.2) is 74.9 Å². The highest BCUT2D eigenvalue weighted by atomic mass is 32.2. The van der Waals surface area contributed by atoms with Crippen LogP contribution >= 0.6 is 0 Å². The minimum atomic E-state index is -3.72. The van der Waals surface area contributed by atoms with Gasteiger partial charge in [-0.2, -0.15) is 4.31 Å². The highest BCUT2D eigenvalue weighted by molar-refractivity contribution is 7.89. The number of imide groups is 1. The second-order valence-corrected chi connectivity index (χ2v) is 10.3. The zero-order chi connectivity index (χ0) is 23.2. The molecule has 3 aliphatic heterocycles. The van der Waals surface area contributed by atoms with Crippen LogP contribution in [0.1, 0.15) is 12.0 Å². The normalized spacial score (nSPS) is 22.1. The Labute approximate surface area is 192 Å². The largest absolute Gasteiger partial charge is 0.486 e. The van der Waals surface area contributed by atoms with Gasteiger partial charge in [0.15, 0.2) is 11.5 Å². The highest BCUT2D eigenvalue weighted by Crippen LogP contribution is 2.34. The topological polar surface area (TPSA) is 96.5 Å². The molecule has 3 aliphatic rings. The van der Waals surface area contributed by atoms with Crippen LogP contribution < -0.4 is 14.4 Å². The number of aryl methyl sites for hydroxylation is 1. The standard InChI is InChI=1S/C23H25N3O6S/c1-16-4-2-3-5-18(16)26-22(27)15-19(23(26)28)24-8-10-25(11-9-24)33(29,30)17-6-7-20-21(14-17)32-13-12-31-20/h2-7,14,19H,8-13,15H2,1H3. The number of para-hydroxylation sites is 1. The first-order chi connectivity index (χ1) is 15.9. The van der Waals surface area contributed by atoms with Gasteiger partial charge in [-0.1, -0.05) is 18.2 Å². The van der Waals surface area contributed by atoms with Crippen LogP contribution in [-0.2, 0) is 19.6 Å². The van der Waals surface area contributed by atoms with Gasteiger partial charge in [-0.25, -0.2) is 13.3 Å². The SMILES string of the molecule is Cc1ccccc1N1C(=O)CC(N2CCN(S(=O)(=O)c3ccc4c(c3)OCCO4)CC2)C1=O. The molecule has 0 aliphatic carbocycles. The molecule has 2 aromatic rings. The fourth-order valence-electron chi connectivity index (χ4n) is 4.56. The molecule has 0 N–H and O–H groups in total. The zero-order valence-corrected chi connectivity index (χ0v) is 19.1. The van der Waals surface area contributed by atoms with Crippen LogP contribution in [0.3, 0.4) is 0 Å². The molecule has 2 fully saturated rings. The number of nitrogens with zero attached hydrogens (tertiary/aromatic N) is 3. The van der Waals surface area contributed by atoms with Crippen LogP contribution in [0.4, 0.5) is 5.69 Å². The quantitative estimate of drug-likeness (QED) is 0.622. The number of hydrogen-bond donors (Lipinski definition) is 0. The van der Waals surface area contributed by atoms with Crippen molar-refractivity contribution in [2.75, 3.05) is 44.3 Å². The maximum Gasteiger partial charge on any atom is 0.251 e. The first kappa shape index (κ1) is 21.9. The van der Waals surface area contributed by atoms with E-state index in [4.69, 9.17) is 9.47 Å². The number of carbonyl (C=O) groups is 2. The Hall–Kier alpha value is -2.95. The minimum Gasteiger partial charge on any atom is -0.486 e. The maximum atomic E-state index is 13.2. The molecule has 3 heterocycles. The summed E-state index contributed by atoms with van der Waals surface area (Å²) in [5, 5.41) is 0. The van der Waals surface area contributed by atoms with E-state index >= 15 is 0 Å². The summed E-state index contributed by atoms with van der Waals surface area (Å²) >= 11 is 0. The Kier molecular flexibility index (Phi) is 5.59. The Morgan fingerprint density at radius 1 is 0.909 bits per heavy atom. The third kappa shape index (κ3) is 3.88. The van der Waals surface area contributed by atoms with Gasteiger partial charge >= 0.3 is 0 Å². The van der Waals surface area contributed by atoms with Crippen molar-refractivity contribution in [2.24, 2.45) is 0 Å². The van der Waals surface area contributed by atoms with E-state index < -0.39 is 16.1 Å². The van der Waals surface area contributed by atoms with Crippen molar-refractivity contribution >= 4 is 27.5 Å². The second kappa shape index (κ2) is 8.44. The third-order valence-corrected chi connectivity index (χ3v) is 8.24. The number of ether oxygens (including phenoxy) is 2. The van der Waals surface area contributed by atoms with Crippen molar-refractivity contribution in [2.45, 2.75) is 24.3 Å². The third-order valence-electron chi connectivity index (χ3n) is 6.34. The van der Waals surface area contributed by atoms with Gasteiger partial charge in [0, 0.05) is 32.2 Å². The molecule has 5 rings (SSSR count). The Morgan fingerprint density at radius 3 is 2.33 bits per heavy atom. The molecule has 1 unspecified atom stereocenters. The number of sulfonamides is 1. The lowest BCUT2D eigenvalue weighted by Crippen LogP contribution is -2.53. The van der Waals surface area contributed by atoms with Gasteiger partial charge < -0.3 is 9.47 Å². The molecule has 10 heteroatoms. The van der Waals surface area contributed by atoms with Gasteiger partial charge in [-0.05, 0) is 30.7 Å². The molecule has 0 aromatic heterocycles. The summed E-state index contributed by atoms with van der Waals surface area (Å²) in [6.45, 7) is 3.89. The number of anilines is 1. The van der Waals surface area contributed by atoms with Crippen LogP contribution in [0.15, 0.2) is 47.4 Å². The molecule has 0 radical (unpaired) electrons. The lowest BCUT2D eigenvalue weighted by molar-refractivity contribution is -0.123. The predicted molar refractivity (Wildman–Crippen MR) is 120 cm³/mol. The number of carbonyl (C=O) groups excluding carboxylic acids is 2. The molecular formula is C23H25N3O6S. The summed E-state index contributed by atoms with van der Waals surface area (Å²) in [5.74, 6) is 0.475. The monoisotopic (exact) mass is 471 g/mol. The summed E-state index contributed by atoms with van der Waals surface area (Å²) < 4.78 is 38.7. The Morgan fingerprint density at radius 2 is 1.61 bits per heavy atom. The number of amides is 2. The van der Waals surface area contributed by atoms with Crippen LogP contribution in [0.25, 0.3) is 0 Å². The summed E-state index contributed by atoms with van der Waals surface area (Å²) in [6, 6.07) is 11.4. The van der Waals surface area contributed by atoms with Crippen LogP contribution in [0, 0.1) is 6.92 Å². The lowest BCUT2D eigenvalue weighted by Gasteiger charge is -2.36. The van der Waals surface area contributed by atoms with Crippen molar-refractivity contribution in [3.63, 3.8) is 0 Å². The second-order valence-electron chi connectivity index (χ2n) is 8.32. The smallest absolute Gasteiger partial charge is 0.251 e. The van der Waals surface area contributed by atoms with E-state index in [1.54, 1.807) is 18.2 Å². The number of fused-ring (bicyclic) bond motifs is 1. The average Bonchev–Trinajstić information content (AvgIpc) is 3.13. The van der Waals surface area contributed by atoms with Crippen molar-refractivity contribution in [3.05, 3.63) is 48.0 Å². The fraction of sp³-hybridized carbons (Fsp3) is 0.391. The van der Waals surface area contributed by atoms with Gasteiger partial charge in [-0.3, -0.25) is 14.5 Å². The number of benzene rings is 2. The van der Waals surface area contributed by atoms with Crippen LogP contribution in [0.5, 0.6) is 11.5 Å². The lowest BCUT2D eigenvalue weighted by atomic mass is 10.1. The summed E-state index contributed by atoms with van der Waals surface area (Å²) in [7, 11) is -3.72. The molecule has 33 heavy (non-hydrogen) atoms. The van der Waals surface area contributed by atoms with Gasteiger partial charge in [0.2, 0.25) is 15.9 Å². The fourth-order valence-corrected chi connectivity index (χ4v) is 6.00. The number of hydrogen-bond acceptors (Lipinski definition) is 7.